The Kier molecular flexibility index (Phi) is 6.67. The number of carbonyl (C=O) groups is 1. The van der Waals surface area contributed by atoms with Gasteiger partial charge in [-0.05, 0) is 31.7 Å². The second-order valence-electron chi connectivity index (χ2n) is 4.32. The number of likely N-dealkylation sites (N-methyl/N-ethyl adjacent to an activating group) is 2. The van der Waals surface area contributed by atoms with Gasteiger partial charge in [-0.15, -0.1) is 0 Å². The minimum atomic E-state index is -0.0798. The highest BCUT2D eigenvalue weighted by Gasteiger charge is 2.17. The molecular formula is C14H21ClN2O2. The van der Waals surface area contributed by atoms with E-state index in [1.165, 1.54) is 0 Å². The molecule has 5 heteroatoms. The molecule has 0 radical (unpaired) electrons. The van der Waals surface area contributed by atoms with Crippen LogP contribution in [0.1, 0.15) is 23.7 Å². The van der Waals surface area contributed by atoms with E-state index in [0.29, 0.717) is 29.5 Å². The SMILES string of the molecule is CCCOc1ccc(Cl)cc1C(=O)N(C)CCNC. The molecule has 0 aliphatic carbocycles. The summed E-state index contributed by atoms with van der Waals surface area (Å²) in [5.41, 5.74) is 0.513. The van der Waals surface area contributed by atoms with Crippen molar-refractivity contribution in [2.45, 2.75) is 13.3 Å². The zero-order valence-corrected chi connectivity index (χ0v) is 12.5. The van der Waals surface area contributed by atoms with Gasteiger partial charge in [-0.3, -0.25) is 4.79 Å². The first-order valence-electron chi connectivity index (χ1n) is 6.42. The molecular weight excluding hydrogens is 264 g/mol. The van der Waals surface area contributed by atoms with Gasteiger partial charge in [0.15, 0.2) is 0 Å². The zero-order chi connectivity index (χ0) is 14.3. The number of nitrogens with one attached hydrogen (secondary N) is 1. The van der Waals surface area contributed by atoms with E-state index >= 15 is 0 Å². The first-order valence-corrected chi connectivity index (χ1v) is 6.80. The van der Waals surface area contributed by atoms with Gasteiger partial charge in [0, 0.05) is 25.2 Å². The number of halogens is 1. The van der Waals surface area contributed by atoms with Crippen molar-refractivity contribution < 1.29 is 9.53 Å². The van der Waals surface area contributed by atoms with Gasteiger partial charge in [0.05, 0.1) is 12.2 Å². The number of amides is 1. The van der Waals surface area contributed by atoms with Crippen LogP contribution in [-0.2, 0) is 0 Å². The summed E-state index contributed by atoms with van der Waals surface area (Å²) in [6, 6.07) is 5.14. The maximum atomic E-state index is 12.3. The first kappa shape index (κ1) is 15.8. The van der Waals surface area contributed by atoms with E-state index in [4.69, 9.17) is 16.3 Å². The summed E-state index contributed by atoms with van der Waals surface area (Å²) in [6.07, 6.45) is 0.895. The van der Waals surface area contributed by atoms with Crippen molar-refractivity contribution in [1.82, 2.24) is 10.2 Å². The smallest absolute Gasteiger partial charge is 0.257 e. The highest BCUT2D eigenvalue weighted by atomic mass is 35.5. The van der Waals surface area contributed by atoms with Crippen LogP contribution in [0, 0.1) is 0 Å². The third kappa shape index (κ3) is 4.73. The molecule has 4 nitrogen and oxygen atoms in total. The molecule has 0 aromatic heterocycles. The predicted octanol–water partition coefficient (Wildman–Crippen LogP) is 2.42. The average Bonchev–Trinajstić information content (AvgIpc) is 2.42. The van der Waals surface area contributed by atoms with Gasteiger partial charge < -0.3 is 15.0 Å². The highest BCUT2D eigenvalue weighted by Crippen LogP contribution is 2.24. The van der Waals surface area contributed by atoms with E-state index in [1.54, 1.807) is 30.1 Å². The maximum Gasteiger partial charge on any atom is 0.257 e. The molecule has 1 N–H and O–H groups in total. The molecule has 19 heavy (non-hydrogen) atoms. The van der Waals surface area contributed by atoms with Crippen molar-refractivity contribution in [1.29, 1.82) is 0 Å². The van der Waals surface area contributed by atoms with Crippen molar-refractivity contribution in [3.63, 3.8) is 0 Å². The number of benzene rings is 1. The maximum absolute atomic E-state index is 12.3. The quantitative estimate of drug-likeness (QED) is 0.836. The summed E-state index contributed by atoms with van der Waals surface area (Å²) in [6.45, 7) is 3.99. The molecule has 0 spiro atoms. The fourth-order valence-electron chi connectivity index (χ4n) is 1.59. The van der Waals surface area contributed by atoms with Crippen molar-refractivity contribution in [2.75, 3.05) is 33.8 Å². The summed E-state index contributed by atoms with van der Waals surface area (Å²) < 4.78 is 5.60. The number of carbonyl (C=O) groups excluding carboxylic acids is 1. The van der Waals surface area contributed by atoms with Crippen LogP contribution in [0.2, 0.25) is 5.02 Å². The fraction of sp³-hybridized carbons (Fsp3) is 0.500. The van der Waals surface area contributed by atoms with Crippen molar-refractivity contribution in [3.8, 4) is 5.75 Å². The number of rotatable bonds is 7. The topological polar surface area (TPSA) is 41.6 Å². The molecule has 1 aromatic rings. The lowest BCUT2D eigenvalue weighted by Gasteiger charge is -2.19. The molecule has 0 heterocycles. The van der Waals surface area contributed by atoms with Crippen LogP contribution in [0.5, 0.6) is 5.75 Å². The van der Waals surface area contributed by atoms with Crippen LogP contribution >= 0.6 is 11.6 Å². The summed E-state index contributed by atoms with van der Waals surface area (Å²) >= 11 is 5.97. The van der Waals surface area contributed by atoms with Crippen LogP contribution < -0.4 is 10.1 Å². The third-order valence-corrected chi connectivity index (χ3v) is 2.91. The number of hydrogen-bond acceptors (Lipinski definition) is 3. The predicted molar refractivity (Wildman–Crippen MR) is 78.1 cm³/mol. The Bertz CT molecular complexity index is 424. The average molecular weight is 285 g/mol. The van der Waals surface area contributed by atoms with Crippen molar-refractivity contribution >= 4 is 17.5 Å². The number of hydrogen-bond donors (Lipinski definition) is 1. The third-order valence-electron chi connectivity index (χ3n) is 2.68. The van der Waals surface area contributed by atoms with Gasteiger partial charge in [0.25, 0.3) is 5.91 Å². The number of ether oxygens (including phenoxy) is 1. The molecule has 1 aromatic carbocycles. The van der Waals surface area contributed by atoms with Gasteiger partial charge in [-0.1, -0.05) is 18.5 Å². The lowest BCUT2D eigenvalue weighted by Crippen LogP contribution is -2.33. The summed E-state index contributed by atoms with van der Waals surface area (Å²) in [4.78, 5) is 14.0. The Hall–Kier alpha value is -1.26. The van der Waals surface area contributed by atoms with Crippen LogP contribution in [0.4, 0.5) is 0 Å². The first-order chi connectivity index (χ1) is 9.10. The zero-order valence-electron chi connectivity index (χ0n) is 11.7. The van der Waals surface area contributed by atoms with Crippen molar-refractivity contribution in [2.24, 2.45) is 0 Å². The summed E-state index contributed by atoms with van der Waals surface area (Å²) in [5, 5.41) is 3.55. The monoisotopic (exact) mass is 284 g/mol. The molecule has 0 bridgehead atoms. The van der Waals surface area contributed by atoms with Crippen LogP contribution in [0.15, 0.2) is 18.2 Å². The Morgan fingerprint density at radius 1 is 1.47 bits per heavy atom. The molecule has 1 amide bonds. The molecule has 0 atom stereocenters. The van der Waals surface area contributed by atoms with Gasteiger partial charge in [0.1, 0.15) is 5.75 Å². The molecule has 0 unspecified atom stereocenters. The highest BCUT2D eigenvalue weighted by molar-refractivity contribution is 6.31. The minimum Gasteiger partial charge on any atom is -0.493 e. The van der Waals surface area contributed by atoms with Crippen LogP contribution in [0.25, 0.3) is 0 Å². The normalized spacial score (nSPS) is 10.3. The Morgan fingerprint density at radius 2 is 2.21 bits per heavy atom. The van der Waals surface area contributed by atoms with E-state index in [1.807, 2.05) is 14.0 Å². The van der Waals surface area contributed by atoms with Crippen molar-refractivity contribution in [3.05, 3.63) is 28.8 Å². The van der Waals surface area contributed by atoms with E-state index in [-0.39, 0.29) is 5.91 Å². The Labute approximate surface area is 119 Å². The van der Waals surface area contributed by atoms with E-state index in [0.717, 1.165) is 13.0 Å². The standard InChI is InChI=1S/C14H21ClN2O2/c1-4-9-19-13-6-5-11(15)10-12(13)14(18)17(3)8-7-16-2/h5-6,10,16H,4,7-9H2,1-3H3. The lowest BCUT2D eigenvalue weighted by atomic mass is 10.1. The van der Waals surface area contributed by atoms with Gasteiger partial charge in [-0.2, -0.15) is 0 Å². The Balaban J connectivity index is 2.89. The van der Waals surface area contributed by atoms with E-state index in [9.17, 15) is 4.79 Å². The Morgan fingerprint density at radius 3 is 2.84 bits per heavy atom. The summed E-state index contributed by atoms with van der Waals surface area (Å²) in [5.74, 6) is 0.511. The molecule has 1 rings (SSSR count). The molecule has 106 valence electrons. The minimum absolute atomic E-state index is 0.0798. The molecule has 0 saturated heterocycles. The van der Waals surface area contributed by atoms with Gasteiger partial charge in [-0.25, -0.2) is 0 Å². The second kappa shape index (κ2) is 8.02. The second-order valence-corrected chi connectivity index (χ2v) is 4.76. The largest absolute Gasteiger partial charge is 0.493 e. The number of nitrogens with zero attached hydrogens (tertiary/aromatic N) is 1. The van der Waals surface area contributed by atoms with Crippen LogP contribution in [0.3, 0.4) is 0 Å². The van der Waals surface area contributed by atoms with E-state index < -0.39 is 0 Å². The van der Waals surface area contributed by atoms with Gasteiger partial charge in [0.2, 0.25) is 0 Å². The molecule has 0 aliphatic rings. The fourth-order valence-corrected chi connectivity index (χ4v) is 1.77. The molecule has 0 aliphatic heterocycles. The summed E-state index contributed by atoms with van der Waals surface area (Å²) in [7, 11) is 3.62. The van der Waals surface area contributed by atoms with Crippen LogP contribution in [-0.4, -0.2) is 44.6 Å². The molecule has 0 saturated carbocycles. The van der Waals surface area contributed by atoms with Gasteiger partial charge >= 0.3 is 0 Å². The van der Waals surface area contributed by atoms with E-state index in [2.05, 4.69) is 5.32 Å². The molecule has 0 fully saturated rings. The lowest BCUT2D eigenvalue weighted by molar-refractivity contribution is 0.0792.